The summed E-state index contributed by atoms with van der Waals surface area (Å²) in [4.78, 5) is 25.8. The van der Waals surface area contributed by atoms with Crippen LogP contribution in [0.25, 0.3) is 11.0 Å². The number of carbonyl (C=O) groups is 1. The monoisotopic (exact) mass is 272 g/mol. The summed E-state index contributed by atoms with van der Waals surface area (Å²) in [6.45, 7) is 2.21. The molecule has 2 aromatic rings. The molecule has 1 aliphatic heterocycles. The average molecular weight is 272 g/mol. The summed E-state index contributed by atoms with van der Waals surface area (Å²) in [7, 11) is 0. The van der Waals surface area contributed by atoms with Crippen LogP contribution in [0.15, 0.2) is 39.5 Å². The fraction of sp³-hybridized carbons (Fsp3) is 0.333. The number of rotatable bonds is 3. The maximum Gasteiger partial charge on any atom is 0.360 e. The van der Waals surface area contributed by atoms with Gasteiger partial charge in [-0.3, -0.25) is 9.69 Å². The van der Waals surface area contributed by atoms with E-state index in [1.165, 1.54) is 0 Å². The molecule has 1 aromatic heterocycles. The van der Waals surface area contributed by atoms with E-state index in [1.54, 1.807) is 18.2 Å². The second kappa shape index (κ2) is 5.46. The zero-order valence-electron chi connectivity index (χ0n) is 11.1. The molecule has 0 unspecified atom stereocenters. The van der Waals surface area contributed by atoms with E-state index in [4.69, 9.17) is 4.42 Å². The Kier molecular flexibility index (Phi) is 3.52. The molecule has 1 amide bonds. The van der Waals surface area contributed by atoms with Gasteiger partial charge in [0.1, 0.15) is 11.3 Å². The summed E-state index contributed by atoms with van der Waals surface area (Å²) in [5, 5.41) is 3.44. The van der Waals surface area contributed by atoms with Crippen LogP contribution in [-0.2, 0) is 4.79 Å². The van der Waals surface area contributed by atoms with Crippen LogP contribution in [0.4, 0.5) is 5.69 Å². The number of hydrogen-bond acceptors (Lipinski definition) is 4. The summed E-state index contributed by atoms with van der Waals surface area (Å²) >= 11 is 0. The average Bonchev–Trinajstić information content (AvgIpc) is 2.92. The van der Waals surface area contributed by atoms with E-state index in [9.17, 15) is 9.59 Å². The van der Waals surface area contributed by atoms with E-state index in [0.29, 0.717) is 12.1 Å². The van der Waals surface area contributed by atoms with Gasteiger partial charge in [-0.2, -0.15) is 0 Å². The fourth-order valence-corrected chi connectivity index (χ4v) is 2.48. The maximum absolute atomic E-state index is 11.9. The Bertz CT molecular complexity index is 687. The lowest BCUT2D eigenvalue weighted by Gasteiger charge is -2.13. The molecule has 0 spiro atoms. The van der Waals surface area contributed by atoms with Crippen LogP contribution in [-0.4, -0.2) is 30.4 Å². The fourth-order valence-electron chi connectivity index (χ4n) is 2.48. The lowest BCUT2D eigenvalue weighted by atomic mass is 10.2. The van der Waals surface area contributed by atoms with Crippen LogP contribution in [0.5, 0.6) is 0 Å². The summed E-state index contributed by atoms with van der Waals surface area (Å²) in [5.74, 6) is -0.172. The van der Waals surface area contributed by atoms with Crippen LogP contribution >= 0.6 is 0 Å². The Morgan fingerprint density at radius 2 is 2.00 bits per heavy atom. The number of fused-ring (bicyclic) bond motifs is 1. The molecule has 0 saturated carbocycles. The third-order valence-electron chi connectivity index (χ3n) is 3.48. The molecule has 0 aliphatic carbocycles. The first-order valence-electron chi connectivity index (χ1n) is 6.77. The Morgan fingerprint density at radius 1 is 1.25 bits per heavy atom. The van der Waals surface area contributed by atoms with E-state index in [2.05, 4.69) is 10.2 Å². The first-order valence-corrected chi connectivity index (χ1v) is 6.77. The van der Waals surface area contributed by atoms with Gasteiger partial charge in [0.15, 0.2) is 0 Å². The van der Waals surface area contributed by atoms with Crippen molar-refractivity contribution in [3.05, 3.63) is 40.8 Å². The molecule has 0 atom stereocenters. The van der Waals surface area contributed by atoms with Gasteiger partial charge in [-0.25, -0.2) is 4.79 Å². The van der Waals surface area contributed by atoms with E-state index in [-0.39, 0.29) is 11.6 Å². The number of likely N-dealkylation sites (tertiary alicyclic amines) is 1. The molecule has 5 nitrogen and oxygen atoms in total. The molecule has 0 bridgehead atoms. The Labute approximate surface area is 116 Å². The van der Waals surface area contributed by atoms with Crippen LogP contribution in [0.1, 0.15) is 12.8 Å². The molecule has 0 radical (unpaired) electrons. The summed E-state index contributed by atoms with van der Waals surface area (Å²) in [6, 6.07) is 8.89. The molecule has 20 heavy (non-hydrogen) atoms. The number of para-hydroxylation sites is 1. The zero-order chi connectivity index (χ0) is 13.9. The van der Waals surface area contributed by atoms with Crippen LogP contribution < -0.4 is 10.9 Å². The van der Waals surface area contributed by atoms with Crippen LogP contribution in [0.2, 0.25) is 0 Å². The minimum absolute atomic E-state index is 0.172. The highest BCUT2D eigenvalue weighted by Gasteiger charge is 2.16. The van der Waals surface area contributed by atoms with Gasteiger partial charge in [0.25, 0.3) is 0 Å². The second-order valence-corrected chi connectivity index (χ2v) is 5.02. The standard InChI is InChI=1S/C15H16N2O3/c18-14(10-17-7-3-4-8-17)16-12-9-11-5-1-2-6-13(11)20-15(12)19/h1-2,5-6,9H,3-4,7-8,10H2,(H,16,18). The minimum Gasteiger partial charge on any atom is -0.421 e. The second-order valence-electron chi connectivity index (χ2n) is 5.02. The largest absolute Gasteiger partial charge is 0.421 e. The van der Waals surface area contributed by atoms with Crippen LogP contribution in [0.3, 0.4) is 0 Å². The van der Waals surface area contributed by atoms with Gasteiger partial charge < -0.3 is 9.73 Å². The SMILES string of the molecule is O=C(CN1CCCC1)Nc1cc2ccccc2oc1=O. The van der Waals surface area contributed by atoms with Gasteiger partial charge in [-0.1, -0.05) is 18.2 Å². The van der Waals surface area contributed by atoms with Gasteiger partial charge >= 0.3 is 5.63 Å². The van der Waals surface area contributed by atoms with Crippen molar-refractivity contribution in [1.82, 2.24) is 4.90 Å². The third-order valence-corrected chi connectivity index (χ3v) is 3.48. The molecule has 2 heterocycles. The summed E-state index contributed by atoms with van der Waals surface area (Å²) in [5.41, 5.74) is 0.210. The molecule has 1 saturated heterocycles. The van der Waals surface area contributed by atoms with Crippen molar-refractivity contribution in [2.75, 3.05) is 25.0 Å². The molecule has 1 aliphatic rings. The number of amides is 1. The number of hydrogen-bond donors (Lipinski definition) is 1. The first-order chi connectivity index (χ1) is 9.72. The number of nitrogens with zero attached hydrogens (tertiary/aromatic N) is 1. The Hall–Kier alpha value is -2.14. The van der Waals surface area contributed by atoms with Crippen molar-refractivity contribution < 1.29 is 9.21 Å². The molecule has 1 aromatic carbocycles. The molecular weight excluding hydrogens is 256 g/mol. The van der Waals surface area contributed by atoms with E-state index in [0.717, 1.165) is 31.3 Å². The number of benzene rings is 1. The highest BCUT2D eigenvalue weighted by Crippen LogP contribution is 2.15. The number of carbonyl (C=O) groups excluding carboxylic acids is 1. The van der Waals surface area contributed by atoms with Gasteiger partial charge in [0.2, 0.25) is 5.91 Å². The molecule has 104 valence electrons. The summed E-state index contributed by atoms with van der Waals surface area (Å²) < 4.78 is 5.18. The van der Waals surface area contributed by atoms with Gasteiger partial charge in [0.05, 0.1) is 6.54 Å². The van der Waals surface area contributed by atoms with E-state index in [1.807, 2.05) is 12.1 Å². The Balaban J connectivity index is 1.77. The quantitative estimate of drug-likeness (QED) is 0.866. The van der Waals surface area contributed by atoms with Crippen molar-refractivity contribution in [2.24, 2.45) is 0 Å². The molecule has 1 fully saturated rings. The minimum atomic E-state index is -0.515. The number of anilines is 1. The van der Waals surface area contributed by atoms with Crippen molar-refractivity contribution >= 4 is 22.6 Å². The highest BCUT2D eigenvalue weighted by atomic mass is 16.4. The van der Waals surface area contributed by atoms with Crippen molar-refractivity contribution in [1.29, 1.82) is 0 Å². The van der Waals surface area contributed by atoms with Crippen molar-refractivity contribution in [2.45, 2.75) is 12.8 Å². The van der Waals surface area contributed by atoms with Crippen LogP contribution in [0, 0.1) is 0 Å². The predicted octanol–water partition coefficient (Wildman–Crippen LogP) is 1.83. The van der Waals surface area contributed by atoms with Gasteiger partial charge in [0, 0.05) is 5.39 Å². The third kappa shape index (κ3) is 2.72. The normalized spacial score (nSPS) is 15.6. The van der Waals surface area contributed by atoms with Gasteiger partial charge in [-0.05, 0) is 38.1 Å². The first kappa shape index (κ1) is 12.9. The molecule has 1 N–H and O–H groups in total. The van der Waals surface area contributed by atoms with Gasteiger partial charge in [-0.15, -0.1) is 0 Å². The maximum atomic E-state index is 11.9. The van der Waals surface area contributed by atoms with Crippen molar-refractivity contribution in [3.8, 4) is 0 Å². The summed E-state index contributed by atoms with van der Waals surface area (Å²) in [6.07, 6.45) is 2.26. The lowest BCUT2D eigenvalue weighted by Crippen LogP contribution is -2.32. The molecule has 3 rings (SSSR count). The lowest BCUT2D eigenvalue weighted by molar-refractivity contribution is -0.117. The zero-order valence-corrected chi connectivity index (χ0v) is 11.1. The number of nitrogens with one attached hydrogen (secondary N) is 1. The molecular formula is C15H16N2O3. The van der Waals surface area contributed by atoms with E-state index < -0.39 is 5.63 Å². The van der Waals surface area contributed by atoms with E-state index >= 15 is 0 Å². The Morgan fingerprint density at radius 3 is 2.80 bits per heavy atom. The van der Waals surface area contributed by atoms with Crippen molar-refractivity contribution in [3.63, 3.8) is 0 Å². The molecule has 5 heteroatoms. The smallest absolute Gasteiger partial charge is 0.360 e. The highest BCUT2D eigenvalue weighted by molar-refractivity contribution is 5.93. The topological polar surface area (TPSA) is 62.6 Å². The predicted molar refractivity (Wildman–Crippen MR) is 76.8 cm³/mol.